The molecule has 1 fully saturated rings. The zero-order valence-electron chi connectivity index (χ0n) is 30.0. The number of hydrogen-bond acceptors (Lipinski definition) is 10. The Hall–Kier alpha value is -3.69. The van der Waals surface area contributed by atoms with Crippen molar-refractivity contribution in [3.05, 3.63) is 71.0 Å². The Bertz CT molecular complexity index is 1670. The van der Waals surface area contributed by atoms with E-state index < -0.39 is 33.9 Å². The van der Waals surface area contributed by atoms with Gasteiger partial charge in [0.15, 0.2) is 0 Å². The molecule has 2 aromatic carbocycles. The maximum Gasteiger partial charge on any atom is 0.410 e. The lowest BCUT2D eigenvalue weighted by molar-refractivity contribution is -0.158. The van der Waals surface area contributed by atoms with Gasteiger partial charge in [-0.2, -0.15) is 4.31 Å². The van der Waals surface area contributed by atoms with E-state index in [0.717, 1.165) is 24.0 Å². The summed E-state index contributed by atoms with van der Waals surface area (Å²) in [5.74, 6) is -0.394. The van der Waals surface area contributed by atoms with Gasteiger partial charge in [-0.05, 0) is 96.0 Å². The van der Waals surface area contributed by atoms with Crippen LogP contribution in [0, 0.1) is 18.3 Å². The molecule has 0 radical (unpaired) electrons. The fraction of sp³-hybridized carbons (Fsp3) is 0.556. The van der Waals surface area contributed by atoms with Crippen LogP contribution in [0.2, 0.25) is 0 Å². The van der Waals surface area contributed by atoms with Crippen molar-refractivity contribution >= 4 is 22.8 Å². The number of carboxylic acids is 1. The number of nitrogens with zero attached hydrogens (tertiary/aromatic N) is 5. The molecule has 3 aromatic rings. The molecule has 3 atom stereocenters. The summed E-state index contributed by atoms with van der Waals surface area (Å²) in [5.41, 5.74) is 1.04. The molecule has 0 aliphatic carbocycles. The number of hydrogen-bond donors (Lipinski definition) is 3. The van der Waals surface area contributed by atoms with Crippen molar-refractivity contribution in [1.29, 1.82) is 0 Å². The molecule has 13 nitrogen and oxygen atoms in total. The van der Waals surface area contributed by atoms with Crippen LogP contribution in [-0.2, 0) is 34.0 Å². The first-order valence-corrected chi connectivity index (χ1v) is 18.5. The number of aryl methyl sites for hydroxylation is 1. The van der Waals surface area contributed by atoms with Gasteiger partial charge in [0.05, 0.1) is 30.9 Å². The number of carbonyl (C=O) groups excluding carboxylic acids is 1. The van der Waals surface area contributed by atoms with E-state index >= 15 is 0 Å². The number of piperidine rings is 1. The van der Waals surface area contributed by atoms with E-state index in [1.54, 1.807) is 58.2 Å². The second-order valence-electron chi connectivity index (χ2n) is 15.0. The van der Waals surface area contributed by atoms with Gasteiger partial charge in [-0.1, -0.05) is 35.5 Å². The van der Waals surface area contributed by atoms with E-state index in [1.165, 1.54) is 0 Å². The van der Waals surface area contributed by atoms with Crippen LogP contribution in [0.25, 0.3) is 0 Å². The first-order valence-electron chi connectivity index (χ1n) is 17.0. The van der Waals surface area contributed by atoms with Crippen LogP contribution >= 0.6 is 10.8 Å². The van der Waals surface area contributed by atoms with Gasteiger partial charge in [-0.25, -0.2) is 4.79 Å². The Morgan fingerprint density at radius 1 is 1.10 bits per heavy atom. The predicted octanol–water partition coefficient (Wildman–Crippen LogP) is 6.91. The lowest BCUT2D eigenvalue weighted by atomic mass is 9.81. The molecule has 3 heterocycles. The summed E-state index contributed by atoms with van der Waals surface area (Å²) in [7, 11) is -3.37. The number of ether oxygens (including phenoxy) is 3. The molecule has 0 saturated carbocycles. The minimum absolute atomic E-state index is 0.0254. The number of aromatic nitrogens is 3. The zero-order valence-corrected chi connectivity index (χ0v) is 30.9. The topological polar surface area (TPSA) is 160 Å². The largest absolute Gasteiger partial charge is 0.487 e. The van der Waals surface area contributed by atoms with Crippen LogP contribution < -0.4 is 4.74 Å². The van der Waals surface area contributed by atoms with Gasteiger partial charge < -0.3 is 24.2 Å². The van der Waals surface area contributed by atoms with Gasteiger partial charge in [0.25, 0.3) is 0 Å². The van der Waals surface area contributed by atoms with Gasteiger partial charge >= 0.3 is 12.1 Å². The van der Waals surface area contributed by atoms with Gasteiger partial charge in [-0.3, -0.25) is 18.6 Å². The van der Waals surface area contributed by atoms with Gasteiger partial charge in [0.2, 0.25) is 0 Å². The number of carboxylic acid groups (broad SMARTS) is 1. The minimum Gasteiger partial charge on any atom is -0.487 e. The molecule has 5 rings (SSSR count). The van der Waals surface area contributed by atoms with Crippen molar-refractivity contribution in [2.24, 2.45) is 11.3 Å². The summed E-state index contributed by atoms with van der Waals surface area (Å²) in [5, 5.41) is 18.8. The molecular formula is C36H51N5O8S. The molecule has 2 aliphatic heterocycles. The molecule has 14 heteroatoms. The average Bonchev–Trinajstić information content (AvgIpc) is 3.44. The molecule has 3 N–H and O–H groups in total. The van der Waals surface area contributed by atoms with Crippen molar-refractivity contribution < 1.29 is 38.0 Å². The first-order chi connectivity index (χ1) is 23.4. The van der Waals surface area contributed by atoms with Gasteiger partial charge in [0.1, 0.15) is 28.0 Å². The molecule has 0 bridgehead atoms. The van der Waals surface area contributed by atoms with E-state index in [1.807, 2.05) is 52.8 Å². The average molecular weight is 714 g/mol. The van der Waals surface area contributed by atoms with Gasteiger partial charge in [-0.15, -0.1) is 15.9 Å². The number of para-hydroxylation sites is 1. The highest BCUT2D eigenvalue weighted by Gasteiger charge is 2.40. The third-order valence-corrected chi connectivity index (χ3v) is 11.0. The third kappa shape index (κ3) is 8.78. The highest BCUT2D eigenvalue weighted by molar-refractivity contribution is 8.22. The van der Waals surface area contributed by atoms with Crippen molar-refractivity contribution in [3.63, 3.8) is 0 Å². The fourth-order valence-electron chi connectivity index (χ4n) is 6.39. The van der Waals surface area contributed by atoms with E-state index in [4.69, 9.17) is 14.2 Å². The molecule has 2 aliphatic rings. The lowest BCUT2D eigenvalue weighted by Gasteiger charge is -2.42. The Labute approximate surface area is 296 Å². The second kappa shape index (κ2) is 14.9. The van der Waals surface area contributed by atoms with Crippen LogP contribution in [-0.4, -0.2) is 81.8 Å². The van der Waals surface area contributed by atoms with Crippen molar-refractivity contribution in [1.82, 2.24) is 24.2 Å². The van der Waals surface area contributed by atoms with Gasteiger partial charge in [0, 0.05) is 26.2 Å². The number of amides is 1. The molecule has 50 heavy (non-hydrogen) atoms. The number of benzene rings is 2. The minimum atomic E-state index is -3.37. The van der Waals surface area contributed by atoms with Crippen LogP contribution in [0.4, 0.5) is 4.79 Å². The normalized spacial score (nSPS) is 21.0. The number of carbonyl (C=O) groups is 2. The van der Waals surface area contributed by atoms with Crippen molar-refractivity contribution in [2.75, 3.05) is 19.6 Å². The Morgan fingerprint density at radius 2 is 1.84 bits per heavy atom. The summed E-state index contributed by atoms with van der Waals surface area (Å²) in [6, 6.07) is 12.6. The molecule has 274 valence electrons. The molecule has 3 unspecified atom stereocenters. The zero-order chi connectivity index (χ0) is 36.4. The number of rotatable bonds is 10. The number of aliphatic carboxylic acids is 1. The SMILES string of the molecule is Cc1ccc(C(OCc2cn(CC3CCCN(C(=O)OC(C)(C)C)C3)nn2)C(C)(C)C(=O)O)cc1CN1CC(C)Oc2ccccc2S1(O)O. The first kappa shape index (κ1) is 37.6. The number of fused-ring (bicyclic) bond motifs is 1. The highest BCUT2D eigenvalue weighted by Crippen LogP contribution is 2.57. The Balaban J connectivity index is 1.31. The molecular weight excluding hydrogens is 662 g/mol. The smallest absolute Gasteiger partial charge is 0.410 e. The summed E-state index contributed by atoms with van der Waals surface area (Å²) in [4.78, 5) is 27.3. The fourth-order valence-corrected chi connectivity index (χ4v) is 8.06. The number of likely N-dealkylation sites (tertiary alicyclic amines) is 1. The molecule has 0 spiro atoms. The maximum atomic E-state index is 12.6. The van der Waals surface area contributed by atoms with Crippen molar-refractivity contribution in [3.8, 4) is 5.75 Å². The maximum absolute atomic E-state index is 12.6. The Morgan fingerprint density at radius 3 is 2.56 bits per heavy atom. The van der Waals surface area contributed by atoms with E-state index in [-0.39, 0.29) is 37.8 Å². The van der Waals surface area contributed by atoms with Crippen LogP contribution in [0.15, 0.2) is 53.6 Å². The quantitative estimate of drug-likeness (QED) is 0.200. The molecule has 1 amide bonds. The summed E-state index contributed by atoms with van der Waals surface area (Å²) < 4.78 is 44.2. The Kier molecular flexibility index (Phi) is 11.2. The van der Waals surface area contributed by atoms with Crippen LogP contribution in [0.3, 0.4) is 0 Å². The molecule has 1 saturated heterocycles. The van der Waals surface area contributed by atoms with Crippen LogP contribution in [0.5, 0.6) is 5.75 Å². The summed E-state index contributed by atoms with van der Waals surface area (Å²) in [6.45, 7) is 14.9. The monoisotopic (exact) mass is 713 g/mol. The summed E-state index contributed by atoms with van der Waals surface area (Å²) in [6.07, 6.45) is 2.14. The molecule has 1 aromatic heterocycles. The third-order valence-electron chi connectivity index (χ3n) is 9.12. The van der Waals surface area contributed by atoms with Crippen molar-refractivity contribution in [2.45, 2.75) is 104 Å². The highest BCUT2D eigenvalue weighted by atomic mass is 32.3. The predicted molar refractivity (Wildman–Crippen MR) is 189 cm³/mol. The van der Waals surface area contributed by atoms with E-state index in [0.29, 0.717) is 41.5 Å². The lowest BCUT2D eigenvalue weighted by Crippen LogP contribution is -2.43. The second-order valence-corrected chi connectivity index (χ2v) is 17.0. The standard InChI is InChI=1S/C36H51N5O8S/c1-24-14-15-27(17-28(24)21-41-18-25(2)48-30-12-8-9-13-31(30)50(41,45)46)32(36(6,7)33(42)43)47-23-29-22-40(38-37-29)20-26-11-10-16-39(19-26)34(44)49-35(3,4)5/h8-9,12-15,17,22,25-26,32,45-46H,10-11,16,18-21,23H2,1-7H3,(H,42,43). The van der Waals surface area contributed by atoms with Crippen LogP contribution in [0.1, 0.15) is 82.9 Å². The van der Waals surface area contributed by atoms with E-state index in [2.05, 4.69) is 10.3 Å². The summed E-state index contributed by atoms with van der Waals surface area (Å²) >= 11 is 0. The van der Waals surface area contributed by atoms with E-state index in [9.17, 15) is 23.8 Å².